The minimum absolute atomic E-state index is 0.0215. The second-order valence-corrected chi connectivity index (χ2v) is 14.1. The van der Waals surface area contributed by atoms with E-state index in [2.05, 4.69) is 95.2 Å². The van der Waals surface area contributed by atoms with E-state index in [1.807, 2.05) is 12.2 Å². The maximum absolute atomic E-state index is 11.4. The standard InChI is InChI=1S/C29H48O2/c1-24(2,3)22-18-28(30,26(7,8)9)15-13-20(22)17-21-14-16-29(31,27(10,11)12)19-23(21)25(4,5)6/h13-16,30-31H,17-19H2,1-12H3. The molecule has 0 saturated carbocycles. The Morgan fingerprint density at radius 3 is 1.13 bits per heavy atom. The van der Waals surface area contributed by atoms with Crippen LogP contribution in [0.2, 0.25) is 0 Å². The first kappa shape index (κ1) is 26.1. The lowest BCUT2D eigenvalue weighted by atomic mass is 9.63. The van der Waals surface area contributed by atoms with Gasteiger partial charge >= 0.3 is 0 Å². The normalized spacial score (nSPS) is 28.6. The molecule has 2 atom stereocenters. The molecule has 176 valence electrons. The third-order valence-electron chi connectivity index (χ3n) is 7.58. The summed E-state index contributed by atoms with van der Waals surface area (Å²) < 4.78 is 0. The summed E-state index contributed by atoms with van der Waals surface area (Å²) in [6, 6.07) is 0. The Morgan fingerprint density at radius 2 is 0.903 bits per heavy atom. The topological polar surface area (TPSA) is 40.5 Å². The molecule has 31 heavy (non-hydrogen) atoms. The van der Waals surface area contributed by atoms with E-state index in [9.17, 15) is 10.2 Å². The Balaban J connectivity index is 2.55. The van der Waals surface area contributed by atoms with Crippen molar-refractivity contribution in [1.82, 2.24) is 0 Å². The molecule has 0 amide bonds. The molecule has 0 aromatic rings. The quantitative estimate of drug-likeness (QED) is 0.477. The first-order chi connectivity index (χ1) is 13.6. The minimum atomic E-state index is -0.838. The number of hydrogen-bond acceptors (Lipinski definition) is 2. The average Bonchev–Trinajstić information content (AvgIpc) is 2.54. The molecule has 0 saturated heterocycles. The van der Waals surface area contributed by atoms with Crippen LogP contribution in [-0.4, -0.2) is 21.4 Å². The van der Waals surface area contributed by atoms with E-state index < -0.39 is 11.2 Å². The van der Waals surface area contributed by atoms with E-state index in [1.165, 1.54) is 22.3 Å². The Hall–Kier alpha value is -1.12. The van der Waals surface area contributed by atoms with Crippen molar-refractivity contribution in [1.29, 1.82) is 0 Å². The summed E-state index contributed by atoms with van der Waals surface area (Å²) in [5.41, 5.74) is 3.11. The van der Waals surface area contributed by atoms with Gasteiger partial charge in [0, 0.05) is 12.8 Å². The fourth-order valence-corrected chi connectivity index (χ4v) is 4.62. The molecule has 2 rings (SSSR count). The zero-order chi connectivity index (χ0) is 24.3. The van der Waals surface area contributed by atoms with Crippen LogP contribution < -0.4 is 0 Å². The molecule has 0 heterocycles. The summed E-state index contributed by atoms with van der Waals surface area (Å²) in [5, 5.41) is 22.8. The van der Waals surface area contributed by atoms with Gasteiger partial charge in [-0.05, 0) is 39.2 Å². The van der Waals surface area contributed by atoms with E-state index in [0.29, 0.717) is 12.8 Å². The molecule has 2 N–H and O–H groups in total. The fourth-order valence-electron chi connectivity index (χ4n) is 4.62. The van der Waals surface area contributed by atoms with Crippen LogP contribution in [0.25, 0.3) is 0 Å². The van der Waals surface area contributed by atoms with Crippen LogP contribution in [0.3, 0.4) is 0 Å². The third-order valence-corrected chi connectivity index (χ3v) is 7.58. The van der Waals surface area contributed by atoms with Gasteiger partial charge in [0.05, 0.1) is 11.2 Å². The molecule has 2 aliphatic carbocycles. The molecule has 0 spiro atoms. The molecule has 2 heteroatoms. The van der Waals surface area contributed by atoms with Crippen LogP contribution in [0.5, 0.6) is 0 Å². The minimum Gasteiger partial charge on any atom is -0.385 e. The number of hydrogen-bond donors (Lipinski definition) is 2. The van der Waals surface area contributed by atoms with Crippen molar-refractivity contribution < 1.29 is 10.2 Å². The van der Waals surface area contributed by atoms with Crippen LogP contribution in [0.1, 0.15) is 102 Å². The van der Waals surface area contributed by atoms with Crippen molar-refractivity contribution in [2.45, 2.75) is 114 Å². The van der Waals surface area contributed by atoms with E-state index in [-0.39, 0.29) is 21.7 Å². The monoisotopic (exact) mass is 428 g/mol. The molecule has 2 aliphatic rings. The Morgan fingerprint density at radius 1 is 0.613 bits per heavy atom. The number of allylic oxidation sites excluding steroid dienone is 4. The van der Waals surface area contributed by atoms with Crippen molar-refractivity contribution in [3.63, 3.8) is 0 Å². The molecular formula is C29H48O2. The van der Waals surface area contributed by atoms with Crippen LogP contribution in [-0.2, 0) is 0 Å². The van der Waals surface area contributed by atoms with Crippen molar-refractivity contribution in [3.8, 4) is 0 Å². The van der Waals surface area contributed by atoms with Gasteiger partial charge in [0.2, 0.25) is 0 Å². The summed E-state index contributed by atoms with van der Waals surface area (Å²) in [4.78, 5) is 0. The third kappa shape index (κ3) is 5.28. The van der Waals surface area contributed by atoms with Gasteiger partial charge in [0.25, 0.3) is 0 Å². The lowest BCUT2D eigenvalue weighted by Gasteiger charge is -2.45. The number of rotatable bonds is 2. The molecule has 0 aromatic carbocycles. The van der Waals surface area contributed by atoms with Crippen LogP contribution in [0.4, 0.5) is 0 Å². The maximum atomic E-state index is 11.4. The highest BCUT2D eigenvalue weighted by Gasteiger charge is 2.44. The Labute approximate surface area is 192 Å². The summed E-state index contributed by atoms with van der Waals surface area (Å²) in [6.07, 6.45) is 10.5. The van der Waals surface area contributed by atoms with Gasteiger partial charge in [-0.2, -0.15) is 0 Å². The summed E-state index contributed by atoms with van der Waals surface area (Å²) in [6.45, 7) is 26.2. The number of aliphatic hydroxyl groups is 2. The van der Waals surface area contributed by atoms with E-state index >= 15 is 0 Å². The van der Waals surface area contributed by atoms with Crippen molar-refractivity contribution in [2.24, 2.45) is 21.7 Å². The molecule has 0 bridgehead atoms. The zero-order valence-corrected chi connectivity index (χ0v) is 22.3. The van der Waals surface area contributed by atoms with E-state index in [0.717, 1.165) is 6.42 Å². The van der Waals surface area contributed by atoms with Crippen molar-refractivity contribution in [3.05, 3.63) is 46.6 Å². The average molecular weight is 429 g/mol. The van der Waals surface area contributed by atoms with Crippen LogP contribution in [0.15, 0.2) is 46.6 Å². The van der Waals surface area contributed by atoms with Gasteiger partial charge in [-0.3, -0.25) is 0 Å². The fraction of sp³-hybridized carbons (Fsp3) is 0.724. The maximum Gasteiger partial charge on any atom is 0.0916 e. The Kier molecular flexibility index (Phi) is 6.52. The predicted octanol–water partition coefficient (Wildman–Crippen LogP) is 7.54. The summed E-state index contributed by atoms with van der Waals surface area (Å²) in [5.74, 6) is 0. The first-order valence-corrected chi connectivity index (χ1v) is 11.9. The van der Waals surface area contributed by atoms with Gasteiger partial charge in [0.15, 0.2) is 0 Å². The highest BCUT2D eigenvalue weighted by atomic mass is 16.3. The lowest BCUT2D eigenvalue weighted by molar-refractivity contribution is -0.0183. The van der Waals surface area contributed by atoms with E-state index in [4.69, 9.17) is 0 Å². The van der Waals surface area contributed by atoms with Crippen LogP contribution in [0, 0.1) is 21.7 Å². The van der Waals surface area contributed by atoms with Gasteiger partial charge in [-0.1, -0.05) is 119 Å². The van der Waals surface area contributed by atoms with Gasteiger partial charge in [-0.25, -0.2) is 0 Å². The molecule has 0 fully saturated rings. The Bertz CT molecular complexity index is 752. The molecule has 0 aromatic heterocycles. The molecule has 2 unspecified atom stereocenters. The van der Waals surface area contributed by atoms with Crippen molar-refractivity contribution >= 4 is 0 Å². The van der Waals surface area contributed by atoms with E-state index in [1.54, 1.807) is 0 Å². The summed E-state index contributed by atoms with van der Waals surface area (Å²) >= 11 is 0. The molecule has 0 radical (unpaired) electrons. The SMILES string of the molecule is CC(C)(C)C1=C(CC2=C(C(C)(C)C)CC(O)(C(C)(C)C)C=C2)C=CC(O)(C(C)(C)C)C1. The molecule has 0 aliphatic heterocycles. The van der Waals surface area contributed by atoms with Crippen molar-refractivity contribution in [2.75, 3.05) is 0 Å². The van der Waals surface area contributed by atoms with Gasteiger partial charge < -0.3 is 10.2 Å². The van der Waals surface area contributed by atoms with Gasteiger partial charge in [0.1, 0.15) is 0 Å². The molecular weight excluding hydrogens is 380 g/mol. The first-order valence-electron chi connectivity index (χ1n) is 11.9. The van der Waals surface area contributed by atoms with Gasteiger partial charge in [-0.15, -0.1) is 0 Å². The largest absolute Gasteiger partial charge is 0.385 e. The predicted molar refractivity (Wildman–Crippen MR) is 134 cm³/mol. The zero-order valence-electron chi connectivity index (χ0n) is 22.3. The highest BCUT2D eigenvalue weighted by molar-refractivity contribution is 5.46. The second kappa shape index (κ2) is 7.73. The highest BCUT2D eigenvalue weighted by Crippen LogP contribution is 2.49. The summed E-state index contributed by atoms with van der Waals surface area (Å²) in [7, 11) is 0. The molecule has 2 nitrogen and oxygen atoms in total. The lowest BCUT2D eigenvalue weighted by Crippen LogP contribution is -2.44. The smallest absolute Gasteiger partial charge is 0.0916 e. The second-order valence-electron chi connectivity index (χ2n) is 14.1. The van der Waals surface area contributed by atoms with Crippen LogP contribution >= 0.6 is 0 Å².